The molecule has 0 spiro atoms. The molecular formula is C21H33N2O3S+. The number of carbonyl (C=O) groups excluding carboxylic acids is 2. The fraction of sp³-hybridized carbons (Fsp3) is 0.714. The van der Waals surface area contributed by atoms with Gasteiger partial charge in [-0.1, -0.05) is 6.42 Å². The van der Waals surface area contributed by atoms with Gasteiger partial charge in [0, 0.05) is 4.88 Å². The molecule has 1 saturated carbocycles. The highest BCUT2D eigenvalue weighted by Crippen LogP contribution is 2.38. The van der Waals surface area contributed by atoms with Gasteiger partial charge in [0.05, 0.1) is 24.8 Å². The van der Waals surface area contributed by atoms with E-state index in [9.17, 15) is 9.59 Å². The molecule has 1 aromatic heterocycles. The van der Waals surface area contributed by atoms with Crippen molar-refractivity contribution in [2.24, 2.45) is 0 Å². The third-order valence-electron chi connectivity index (χ3n) is 5.93. The molecule has 0 aliphatic heterocycles. The molecule has 2 aliphatic carbocycles. The molecule has 1 fully saturated rings. The van der Waals surface area contributed by atoms with E-state index in [1.807, 2.05) is 6.92 Å². The Morgan fingerprint density at radius 1 is 1.11 bits per heavy atom. The molecule has 1 heterocycles. The van der Waals surface area contributed by atoms with Gasteiger partial charge in [0.25, 0.3) is 5.91 Å². The Morgan fingerprint density at radius 3 is 2.56 bits per heavy atom. The zero-order valence-electron chi connectivity index (χ0n) is 16.7. The quantitative estimate of drug-likeness (QED) is 0.700. The van der Waals surface area contributed by atoms with Gasteiger partial charge in [0.1, 0.15) is 5.00 Å². The van der Waals surface area contributed by atoms with Crippen molar-refractivity contribution in [1.29, 1.82) is 0 Å². The topological polar surface area (TPSA) is 59.8 Å². The summed E-state index contributed by atoms with van der Waals surface area (Å²) in [5, 5.41) is 3.77. The lowest BCUT2D eigenvalue weighted by Crippen LogP contribution is -3.16. The van der Waals surface area contributed by atoms with Crippen LogP contribution in [0.1, 0.15) is 79.6 Å². The molecule has 3 rings (SSSR count). The summed E-state index contributed by atoms with van der Waals surface area (Å²) >= 11 is 1.57. The molecular weight excluding hydrogens is 360 g/mol. The Morgan fingerprint density at radius 2 is 1.85 bits per heavy atom. The van der Waals surface area contributed by atoms with Crippen LogP contribution in [0.2, 0.25) is 0 Å². The fourth-order valence-electron chi connectivity index (χ4n) is 4.52. The van der Waals surface area contributed by atoms with Gasteiger partial charge < -0.3 is 15.0 Å². The van der Waals surface area contributed by atoms with Gasteiger partial charge >= 0.3 is 5.97 Å². The Hall–Kier alpha value is -1.40. The lowest BCUT2D eigenvalue weighted by atomic mass is 9.94. The summed E-state index contributed by atoms with van der Waals surface area (Å²) in [6.45, 7) is 5.77. The number of aryl methyl sites for hydroxylation is 1. The molecule has 1 unspecified atom stereocenters. The van der Waals surface area contributed by atoms with Crippen molar-refractivity contribution in [2.75, 3.05) is 25.0 Å². The maximum atomic E-state index is 12.8. The third-order valence-corrected chi connectivity index (χ3v) is 7.14. The minimum Gasteiger partial charge on any atom is -0.462 e. The maximum Gasteiger partial charge on any atom is 0.341 e. The Bertz CT molecular complexity index is 665. The normalized spacial score (nSPS) is 18.6. The predicted octanol–water partition coefficient (Wildman–Crippen LogP) is 2.98. The first-order valence-electron chi connectivity index (χ1n) is 10.6. The van der Waals surface area contributed by atoms with Crippen LogP contribution in [0.5, 0.6) is 0 Å². The van der Waals surface area contributed by atoms with E-state index in [0.717, 1.165) is 37.8 Å². The van der Waals surface area contributed by atoms with E-state index < -0.39 is 0 Å². The van der Waals surface area contributed by atoms with E-state index in [-0.39, 0.29) is 11.9 Å². The highest BCUT2D eigenvalue weighted by molar-refractivity contribution is 7.17. The summed E-state index contributed by atoms with van der Waals surface area (Å²) in [4.78, 5) is 27.9. The summed E-state index contributed by atoms with van der Waals surface area (Å²) in [6, 6.07) is 0.593. The lowest BCUT2D eigenvalue weighted by molar-refractivity contribution is -0.917. The summed E-state index contributed by atoms with van der Waals surface area (Å²) < 4.78 is 5.28. The molecule has 6 heteroatoms. The van der Waals surface area contributed by atoms with Crippen LogP contribution in [0.4, 0.5) is 5.00 Å². The molecule has 0 radical (unpaired) electrons. The average molecular weight is 394 g/mol. The minimum atomic E-state index is -0.292. The first-order valence-corrected chi connectivity index (χ1v) is 11.4. The molecule has 0 bridgehead atoms. The smallest absolute Gasteiger partial charge is 0.341 e. The van der Waals surface area contributed by atoms with Crippen LogP contribution in [0.3, 0.4) is 0 Å². The zero-order chi connectivity index (χ0) is 19.2. The van der Waals surface area contributed by atoms with E-state index in [4.69, 9.17) is 4.74 Å². The molecule has 1 aromatic rings. The first kappa shape index (κ1) is 20.3. The molecule has 0 aromatic carbocycles. The summed E-state index contributed by atoms with van der Waals surface area (Å²) in [6.07, 6.45) is 10.5. The number of likely N-dealkylation sites (N-methyl/N-ethyl adjacent to an activating group) is 1. The lowest BCUT2D eigenvalue weighted by Gasteiger charge is -2.30. The van der Waals surface area contributed by atoms with Crippen molar-refractivity contribution in [1.82, 2.24) is 0 Å². The second kappa shape index (κ2) is 9.69. The van der Waals surface area contributed by atoms with Crippen molar-refractivity contribution >= 4 is 28.2 Å². The van der Waals surface area contributed by atoms with Crippen LogP contribution in [0.25, 0.3) is 0 Å². The van der Waals surface area contributed by atoms with Crippen LogP contribution in [-0.4, -0.2) is 37.6 Å². The third kappa shape index (κ3) is 4.91. The van der Waals surface area contributed by atoms with Crippen molar-refractivity contribution in [3.8, 4) is 0 Å². The summed E-state index contributed by atoms with van der Waals surface area (Å²) in [5.74, 6) is -0.277. The summed E-state index contributed by atoms with van der Waals surface area (Å²) in [7, 11) is 0. The standard InChI is InChI=1S/C21H32N2O3S/c1-3-23(15-10-6-5-7-11-15)14-18(24)22-20-19(21(25)26-4-2)16-12-8-9-13-17(16)27-20/h15H,3-14H2,1-2H3,(H,22,24)/p+1. The van der Waals surface area contributed by atoms with E-state index in [0.29, 0.717) is 29.8 Å². The SMILES string of the molecule is CCOC(=O)c1c(NC(=O)C[NH+](CC)C2CCCCC2)sc2c1CCCC2. The highest BCUT2D eigenvalue weighted by atomic mass is 32.1. The van der Waals surface area contributed by atoms with Crippen LogP contribution in [0, 0.1) is 0 Å². The van der Waals surface area contributed by atoms with Gasteiger partial charge in [-0.05, 0) is 70.8 Å². The molecule has 2 aliphatic rings. The highest BCUT2D eigenvalue weighted by Gasteiger charge is 2.29. The number of amides is 1. The van der Waals surface area contributed by atoms with Gasteiger partial charge in [-0.2, -0.15) is 0 Å². The number of rotatable bonds is 7. The van der Waals surface area contributed by atoms with Gasteiger partial charge in [-0.3, -0.25) is 4.79 Å². The number of carbonyl (C=O) groups is 2. The minimum absolute atomic E-state index is 0.0153. The van der Waals surface area contributed by atoms with Crippen molar-refractivity contribution in [3.63, 3.8) is 0 Å². The number of hydrogen-bond acceptors (Lipinski definition) is 4. The van der Waals surface area contributed by atoms with E-state index in [1.54, 1.807) is 11.3 Å². The van der Waals surface area contributed by atoms with Gasteiger partial charge in [0.15, 0.2) is 6.54 Å². The molecule has 5 nitrogen and oxygen atoms in total. The number of fused-ring (bicyclic) bond motifs is 1. The monoisotopic (exact) mass is 393 g/mol. The van der Waals surface area contributed by atoms with Gasteiger partial charge in [0.2, 0.25) is 0 Å². The molecule has 27 heavy (non-hydrogen) atoms. The molecule has 1 atom stereocenters. The first-order chi connectivity index (χ1) is 13.1. The Kier molecular flexibility index (Phi) is 7.30. The van der Waals surface area contributed by atoms with Gasteiger partial charge in [-0.25, -0.2) is 4.79 Å². The van der Waals surface area contributed by atoms with Crippen LogP contribution in [0.15, 0.2) is 0 Å². The number of esters is 1. The molecule has 150 valence electrons. The van der Waals surface area contributed by atoms with Gasteiger partial charge in [-0.15, -0.1) is 11.3 Å². The number of quaternary nitrogens is 1. The Labute approximate surface area is 166 Å². The fourth-order valence-corrected chi connectivity index (χ4v) is 5.81. The van der Waals surface area contributed by atoms with Crippen molar-refractivity contribution < 1.29 is 19.2 Å². The van der Waals surface area contributed by atoms with Crippen LogP contribution in [-0.2, 0) is 22.4 Å². The summed E-state index contributed by atoms with van der Waals surface area (Å²) in [5.41, 5.74) is 1.72. The van der Waals surface area contributed by atoms with Crippen molar-refractivity contribution in [2.45, 2.75) is 77.7 Å². The van der Waals surface area contributed by atoms with E-state index in [2.05, 4.69) is 12.2 Å². The molecule has 2 N–H and O–H groups in total. The largest absolute Gasteiger partial charge is 0.462 e. The Balaban J connectivity index is 1.72. The second-order valence-electron chi connectivity index (χ2n) is 7.71. The maximum absolute atomic E-state index is 12.8. The molecule has 0 saturated heterocycles. The van der Waals surface area contributed by atoms with Crippen molar-refractivity contribution in [3.05, 3.63) is 16.0 Å². The van der Waals surface area contributed by atoms with E-state index >= 15 is 0 Å². The van der Waals surface area contributed by atoms with Crippen LogP contribution < -0.4 is 10.2 Å². The number of nitrogens with one attached hydrogen (secondary N) is 2. The second-order valence-corrected chi connectivity index (χ2v) is 8.81. The zero-order valence-corrected chi connectivity index (χ0v) is 17.5. The number of thiophene rings is 1. The average Bonchev–Trinajstić information content (AvgIpc) is 3.04. The van der Waals surface area contributed by atoms with E-state index in [1.165, 1.54) is 41.9 Å². The number of anilines is 1. The predicted molar refractivity (Wildman–Crippen MR) is 109 cm³/mol. The van der Waals surface area contributed by atoms with Crippen LogP contribution >= 0.6 is 11.3 Å². The molecule has 1 amide bonds. The number of hydrogen-bond donors (Lipinski definition) is 2. The number of ether oxygens (including phenoxy) is 1.